The van der Waals surface area contributed by atoms with Crippen LogP contribution in [0, 0.1) is 0 Å². The summed E-state index contributed by atoms with van der Waals surface area (Å²) in [6.45, 7) is 4.55. The molecule has 0 spiro atoms. The fourth-order valence-electron chi connectivity index (χ4n) is 9.58. The van der Waals surface area contributed by atoms with Crippen molar-refractivity contribution in [2.45, 2.75) is 315 Å². The second kappa shape index (κ2) is 58.6. The lowest BCUT2D eigenvalue weighted by Gasteiger charge is -2.29. The Balaban J connectivity index is 4.12. The van der Waals surface area contributed by atoms with E-state index >= 15 is 0 Å². The van der Waals surface area contributed by atoms with Crippen molar-refractivity contribution in [3.8, 4) is 0 Å². The van der Waals surface area contributed by atoms with Gasteiger partial charge in [-0.25, -0.2) is 0 Å². The van der Waals surface area contributed by atoms with Crippen LogP contribution in [0.1, 0.15) is 303 Å². The molecule has 1 amide bonds. The largest absolute Gasteiger partial charge is 0.756 e. The molecule has 0 radical (unpaired) electrons. The second-order valence-electron chi connectivity index (χ2n) is 23.4. The number of hydrogen-bond acceptors (Lipinski definition) is 6. The van der Waals surface area contributed by atoms with Crippen molar-refractivity contribution in [1.82, 2.24) is 5.32 Å². The maximum Gasteiger partial charge on any atom is 0.268 e. The van der Waals surface area contributed by atoms with E-state index in [2.05, 4.69) is 79.9 Å². The Kier molecular flexibility index (Phi) is 57.0. The predicted molar refractivity (Wildman–Crippen MR) is 334 cm³/mol. The molecule has 8 nitrogen and oxygen atoms in total. The molecule has 0 aliphatic heterocycles. The molecule has 77 heavy (non-hydrogen) atoms. The van der Waals surface area contributed by atoms with Gasteiger partial charge < -0.3 is 28.8 Å². The molecule has 0 aromatic carbocycles. The van der Waals surface area contributed by atoms with E-state index in [1.807, 2.05) is 27.2 Å². The van der Waals surface area contributed by atoms with Crippen molar-refractivity contribution in [1.29, 1.82) is 0 Å². The Labute approximate surface area is 478 Å². The highest BCUT2D eigenvalue weighted by Crippen LogP contribution is 2.38. The number of hydrogen-bond donors (Lipinski definition) is 2. The summed E-state index contributed by atoms with van der Waals surface area (Å²) in [6, 6.07) is -0.906. The van der Waals surface area contributed by atoms with Crippen LogP contribution in [0.4, 0.5) is 0 Å². The molecule has 2 N–H and O–H groups in total. The van der Waals surface area contributed by atoms with Gasteiger partial charge in [0.1, 0.15) is 13.2 Å². The molecule has 0 heterocycles. The van der Waals surface area contributed by atoms with Crippen LogP contribution in [0.25, 0.3) is 0 Å². The smallest absolute Gasteiger partial charge is 0.268 e. The van der Waals surface area contributed by atoms with Crippen LogP contribution in [-0.4, -0.2) is 68.5 Å². The summed E-state index contributed by atoms with van der Waals surface area (Å²) in [5.41, 5.74) is 0. The first kappa shape index (κ1) is 74.9. The van der Waals surface area contributed by atoms with Gasteiger partial charge in [0.25, 0.3) is 7.82 Å². The van der Waals surface area contributed by atoms with E-state index in [0.29, 0.717) is 17.4 Å². The van der Waals surface area contributed by atoms with Gasteiger partial charge in [0.05, 0.1) is 39.9 Å². The van der Waals surface area contributed by atoms with Crippen LogP contribution >= 0.6 is 7.82 Å². The van der Waals surface area contributed by atoms with E-state index in [0.717, 1.165) is 64.2 Å². The van der Waals surface area contributed by atoms with Crippen molar-refractivity contribution in [2.24, 2.45) is 0 Å². The molecule has 3 atom stereocenters. The first-order valence-corrected chi connectivity index (χ1v) is 34.3. The first-order valence-electron chi connectivity index (χ1n) is 32.8. The average Bonchev–Trinajstić information content (AvgIpc) is 3.39. The molecule has 0 aliphatic rings. The number of aliphatic hydroxyl groups excluding tert-OH is 1. The number of carbonyl (C=O) groups excluding carboxylic acids is 1. The third-order valence-electron chi connectivity index (χ3n) is 14.7. The molecule has 9 heteroatoms. The number of nitrogens with one attached hydrogen (secondary N) is 1. The van der Waals surface area contributed by atoms with Gasteiger partial charge in [-0.3, -0.25) is 9.36 Å². The number of rotatable bonds is 60. The Bertz CT molecular complexity index is 1480. The third-order valence-corrected chi connectivity index (χ3v) is 15.6. The van der Waals surface area contributed by atoms with Crippen LogP contribution in [0.2, 0.25) is 0 Å². The van der Waals surface area contributed by atoms with Crippen LogP contribution in [0.15, 0.2) is 72.9 Å². The maximum absolute atomic E-state index is 13.0. The molecule has 450 valence electrons. The summed E-state index contributed by atoms with van der Waals surface area (Å²) in [5.74, 6) is -0.204. The third kappa shape index (κ3) is 61.4. The number of likely N-dealkylation sites (N-methyl/N-ethyl adjacent to an activating group) is 1. The number of quaternary nitrogens is 1. The van der Waals surface area contributed by atoms with Gasteiger partial charge in [-0.1, -0.05) is 299 Å². The Morgan fingerprint density at radius 1 is 0.468 bits per heavy atom. The lowest BCUT2D eigenvalue weighted by molar-refractivity contribution is -0.870. The van der Waals surface area contributed by atoms with E-state index in [4.69, 9.17) is 9.05 Å². The van der Waals surface area contributed by atoms with Gasteiger partial charge in [0.15, 0.2) is 0 Å². The van der Waals surface area contributed by atoms with Gasteiger partial charge in [0.2, 0.25) is 5.91 Å². The monoisotopic (exact) mass is 1100 g/mol. The standard InChI is InChI=1S/C68H127N2O6P/c1-6-8-10-12-14-16-18-20-22-24-26-28-30-32-33-34-35-36-37-38-40-42-44-46-48-50-52-54-56-58-60-62-68(72)69-66(65-76-77(73,74)75-64-63-70(3,4)5)67(71)61-59-57-55-53-51-49-47-45-43-41-39-31-29-27-25-23-21-19-17-15-13-11-9-7-2/h8,10,14,16,20,22,26,28,51,53,59,61,66-67,71H,6-7,9,11-13,15,17-19,21,23-25,27,29-50,52,54-58,60,62-65H2,1-5H3,(H-,69,72,73,74)/b10-8-,16-14-,22-20-,28-26-,53-51+,61-59+. The highest BCUT2D eigenvalue weighted by molar-refractivity contribution is 7.45. The van der Waals surface area contributed by atoms with E-state index in [9.17, 15) is 19.4 Å². The summed E-state index contributed by atoms with van der Waals surface area (Å²) in [5, 5.41) is 13.9. The quantitative estimate of drug-likeness (QED) is 0.0272. The summed E-state index contributed by atoms with van der Waals surface area (Å²) in [7, 11) is 1.25. The minimum absolute atomic E-state index is 0.00702. The Morgan fingerprint density at radius 3 is 1.21 bits per heavy atom. The van der Waals surface area contributed by atoms with Gasteiger partial charge in [0, 0.05) is 6.42 Å². The number of amides is 1. The zero-order chi connectivity index (χ0) is 56.3. The topological polar surface area (TPSA) is 108 Å². The van der Waals surface area contributed by atoms with Crippen LogP contribution in [0.5, 0.6) is 0 Å². The number of nitrogens with zero attached hydrogens (tertiary/aromatic N) is 1. The van der Waals surface area contributed by atoms with E-state index in [1.165, 1.54) is 218 Å². The molecular formula is C68H127N2O6P. The van der Waals surface area contributed by atoms with Crippen molar-refractivity contribution < 1.29 is 32.9 Å². The SMILES string of the molecule is CC/C=C\C/C=C\C/C=C\C/C=C\CCCCCCCCCCCCCCCCCCCCC(=O)NC(COP(=O)([O-])OCC[N+](C)(C)C)C(O)/C=C/CC/C=C/CCCCCCCCCCCCCCCCCCCC. The maximum atomic E-state index is 13.0. The van der Waals surface area contributed by atoms with Crippen molar-refractivity contribution >= 4 is 13.7 Å². The summed E-state index contributed by atoms with van der Waals surface area (Å²) >= 11 is 0. The van der Waals surface area contributed by atoms with Crippen LogP contribution < -0.4 is 10.2 Å². The molecular weight excluding hydrogens is 972 g/mol. The fraction of sp³-hybridized carbons (Fsp3) is 0.809. The van der Waals surface area contributed by atoms with Gasteiger partial charge >= 0.3 is 0 Å². The van der Waals surface area contributed by atoms with E-state index < -0.39 is 26.6 Å². The van der Waals surface area contributed by atoms with E-state index in [1.54, 1.807) is 6.08 Å². The molecule has 0 saturated carbocycles. The average molecular weight is 1100 g/mol. The molecule has 0 bridgehead atoms. The highest BCUT2D eigenvalue weighted by Gasteiger charge is 2.23. The van der Waals surface area contributed by atoms with Gasteiger partial charge in [-0.15, -0.1) is 0 Å². The zero-order valence-electron chi connectivity index (χ0n) is 51.4. The molecule has 0 rings (SSSR count). The summed E-state index contributed by atoms with van der Waals surface area (Å²) in [4.78, 5) is 25.6. The number of aliphatic hydroxyl groups is 1. The summed E-state index contributed by atoms with van der Waals surface area (Å²) in [6.07, 6.45) is 81.5. The summed E-state index contributed by atoms with van der Waals surface area (Å²) < 4.78 is 23.4. The fourth-order valence-corrected chi connectivity index (χ4v) is 10.3. The Hall–Kier alpha value is -2.06. The highest BCUT2D eigenvalue weighted by atomic mass is 31.2. The van der Waals surface area contributed by atoms with Gasteiger partial charge in [-0.05, 0) is 70.6 Å². The number of unbranched alkanes of at least 4 members (excludes halogenated alkanes) is 37. The lowest BCUT2D eigenvalue weighted by atomic mass is 10.0. The minimum atomic E-state index is -4.61. The second-order valence-corrected chi connectivity index (χ2v) is 24.8. The molecule has 0 aromatic heterocycles. The normalized spacial score (nSPS) is 14.2. The van der Waals surface area contributed by atoms with Crippen LogP contribution in [0.3, 0.4) is 0 Å². The Morgan fingerprint density at radius 2 is 0.805 bits per heavy atom. The lowest BCUT2D eigenvalue weighted by Crippen LogP contribution is -2.45. The molecule has 0 fully saturated rings. The van der Waals surface area contributed by atoms with Crippen LogP contribution in [-0.2, 0) is 18.4 Å². The van der Waals surface area contributed by atoms with Gasteiger partial charge in [-0.2, -0.15) is 0 Å². The first-order chi connectivity index (χ1) is 37.5. The number of carbonyl (C=O) groups is 1. The van der Waals surface area contributed by atoms with Crippen molar-refractivity contribution in [3.63, 3.8) is 0 Å². The molecule has 0 saturated heterocycles. The van der Waals surface area contributed by atoms with Crippen molar-refractivity contribution in [2.75, 3.05) is 40.9 Å². The number of phosphoric acid groups is 1. The molecule has 0 aromatic rings. The number of allylic oxidation sites excluding steroid dienone is 11. The van der Waals surface area contributed by atoms with Crippen molar-refractivity contribution in [3.05, 3.63) is 72.9 Å². The zero-order valence-corrected chi connectivity index (χ0v) is 52.3. The molecule has 0 aliphatic carbocycles. The predicted octanol–water partition coefficient (Wildman–Crippen LogP) is 20.0. The number of phosphoric ester groups is 1. The minimum Gasteiger partial charge on any atom is -0.756 e. The van der Waals surface area contributed by atoms with E-state index in [-0.39, 0.29) is 12.5 Å². The molecule has 3 unspecified atom stereocenters.